The number of benzene rings is 1. The number of rotatable bonds is 4. The van der Waals surface area contributed by atoms with Crippen LogP contribution < -0.4 is 9.64 Å². The predicted octanol–water partition coefficient (Wildman–Crippen LogP) is 2.49. The zero-order valence-corrected chi connectivity index (χ0v) is 15.9. The van der Waals surface area contributed by atoms with Gasteiger partial charge in [0.1, 0.15) is 16.0 Å². The lowest BCUT2D eigenvalue weighted by Crippen LogP contribution is -2.57. The topological polar surface area (TPSA) is 66.9 Å². The molecule has 1 atom stereocenters. The molecule has 1 amide bonds. The van der Waals surface area contributed by atoms with Gasteiger partial charge in [-0.3, -0.25) is 4.79 Å². The Morgan fingerprint density at radius 1 is 1.16 bits per heavy atom. The molecule has 0 aliphatic carbocycles. The first-order valence-electron chi connectivity index (χ1n) is 7.87. The molecular formula is C17H20N2O4S2. The van der Waals surface area contributed by atoms with E-state index in [1.807, 2.05) is 0 Å². The minimum Gasteiger partial charge on any atom is -0.497 e. The highest BCUT2D eigenvalue weighted by Gasteiger charge is 2.40. The number of ether oxygens (including phenoxy) is 1. The number of sulfonamides is 1. The minimum absolute atomic E-state index is 0.228. The summed E-state index contributed by atoms with van der Waals surface area (Å²) in [5, 5.41) is 1.75. The number of thiophene rings is 1. The molecule has 0 N–H and O–H groups in total. The molecule has 0 radical (unpaired) electrons. The van der Waals surface area contributed by atoms with Crippen molar-refractivity contribution in [1.29, 1.82) is 0 Å². The van der Waals surface area contributed by atoms with Crippen molar-refractivity contribution in [1.82, 2.24) is 4.31 Å². The van der Waals surface area contributed by atoms with Crippen LogP contribution in [0, 0.1) is 6.92 Å². The van der Waals surface area contributed by atoms with Gasteiger partial charge in [0.05, 0.1) is 7.11 Å². The summed E-state index contributed by atoms with van der Waals surface area (Å²) >= 11 is 1.19. The number of hydrogen-bond donors (Lipinski definition) is 0. The monoisotopic (exact) mass is 380 g/mol. The van der Waals surface area contributed by atoms with E-state index in [1.54, 1.807) is 61.6 Å². The first-order valence-corrected chi connectivity index (χ1v) is 10.2. The highest BCUT2D eigenvalue weighted by Crippen LogP contribution is 2.30. The number of carbonyl (C=O) groups is 1. The molecule has 0 bridgehead atoms. The Morgan fingerprint density at radius 2 is 1.84 bits per heavy atom. The molecule has 134 valence electrons. The number of anilines is 1. The average Bonchev–Trinajstić information content (AvgIpc) is 3.04. The molecule has 25 heavy (non-hydrogen) atoms. The molecule has 0 spiro atoms. The molecule has 1 saturated heterocycles. The van der Waals surface area contributed by atoms with Crippen molar-refractivity contribution in [2.75, 3.05) is 25.1 Å². The number of aryl methyl sites for hydroxylation is 1. The number of amides is 1. The number of piperazine rings is 1. The van der Waals surface area contributed by atoms with Crippen molar-refractivity contribution >= 4 is 33.0 Å². The van der Waals surface area contributed by atoms with Gasteiger partial charge in [0.2, 0.25) is 5.91 Å². The second-order valence-electron chi connectivity index (χ2n) is 5.87. The van der Waals surface area contributed by atoms with E-state index >= 15 is 0 Å². The van der Waals surface area contributed by atoms with Crippen molar-refractivity contribution in [3.8, 4) is 5.75 Å². The third kappa shape index (κ3) is 3.17. The van der Waals surface area contributed by atoms with Crippen molar-refractivity contribution in [2.24, 2.45) is 0 Å². The number of carbonyl (C=O) groups excluding carboxylic acids is 1. The molecule has 1 aliphatic rings. The van der Waals surface area contributed by atoms with Gasteiger partial charge in [0.15, 0.2) is 0 Å². The molecule has 1 aromatic heterocycles. The molecule has 1 aromatic carbocycles. The summed E-state index contributed by atoms with van der Waals surface area (Å²) in [4.78, 5) is 14.4. The molecule has 1 unspecified atom stereocenters. The quantitative estimate of drug-likeness (QED) is 0.817. The molecule has 8 heteroatoms. The van der Waals surface area contributed by atoms with Crippen LogP contribution in [0.4, 0.5) is 5.69 Å². The van der Waals surface area contributed by atoms with E-state index in [2.05, 4.69) is 0 Å². The van der Waals surface area contributed by atoms with Crippen LogP contribution >= 0.6 is 11.3 Å². The zero-order valence-electron chi connectivity index (χ0n) is 14.3. The van der Waals surface area contributed by atoms with Gasteiger partial charge in [-0.1, -0.05) is 0 Å². The lowest BCUT2D eigenvalue weighted by molar-refractivity contribution is -0.123. The lowest BCUT2D eigenvalue weighted by atomic mass is 10.2. The first kappa shape index (κ1) is 17.9. The molecular weight excluding hydrogens is 360 g/mol. The Morgan fingerprint density at radius 3 is 2.40 bits per heavy atom. The normalized spacial score (nSPS) is 19.2. The molecule has 1 fully saturated rings. The van der Waals surface area contributed by atoms with Crippen LogP contribution in [0.1, 0.15) is 12.5 Å². The Kier molecular flexibility index (Phi) is 4.86. The summed E-state index contributed by atoms with van der Waals surface area (Å²) in [6, 6.07) is 8.20. The second kappa shape index (κ2) is 6.78. The fraction of sp³-hybridized carbons (Fsp3) is 0.353. The van der Waals surface area contributed by atoms with Gasteiger partial charge in [0, 0.05) is 18.8 Å². The van der Waals surface area contributed by atoms with Crippen LogP contribution in [-0.4, -0.2) is 44.9 Å². The summed E-state index contributed by atoms with van der Waals surface area (Å²) in [5.74, 6) is 0.479. The fourth-order valence-corrected chi connectivity index (χ4v) is 6.03. The van der Waals surface area contributed by atoms with Crippen LogP contribution in [0.25, 0.3) is 0 Å². The maximum Gasteiger partial charge on any atom is 0.253 e. The Labute approximate surface area is 151 Å². The predicted molar refractivity (Wildman–Crippen MR) is 97.8 cm³/mol. The van der Waals surface area contributed by atoms with E-state index in [-0.39, 0.29) is 12.5 Å². The molecule has 6 nitrogen and oxygen atoms in total. The summed E-state index contributed by atoms with van der Waals surface area (Å²) < 4.78 is 32.5. The summed E-state index contributed by atoms with van der Waals surface area (Å²) in [6.07, 6.45) is 0. The van der Waals surface area contributed by atoms with E-state index in [4.69, 9.17) is 4.74 Å². The zero-order chi connectivity index (χ0) is 18.2. The fourth-order valence-electron chi connectivity index (χ4n) is 2.93. The Hall–Kier alpha value is -1.90. The van der Waals surface area contributed by atoms with E-state index in [0.29, 0.717) is 22.1 Å². The molecule has 0 saturated carbocycles. The minimum atomic E-state index is -3.66. The summed E-state index contributed by atoms with van der Waals surface area (Å²) in [5.41, 5.74) is 1.45. The third-order valence-corrected chi connectivity index (χ3v) is 7.98. The van der Waals surface area contributed by atoms with Crippen molar-refractivity contribution in [2.45, 2.75) is 24.1 Å². The largest absolute Gasteiger partial charge is 0.497 e. The van der Waals surface area contributed by atoms with Crippen molar-refractivity contribution in [3.05, 3.63) is 41.3 Å². The van der Waals surface area contributed by atoms with Crippen LogP contribution in [-0.2, 0) is 14.8 Å². The van der Waals surface area contributed by atoms with E-state index in [9.17, 15) is 13.2 Å². The standard InChI is InChI=1S/C17H20N2O4S2/c1-12-8-11-24-17(12)25(21,22)19-10-9-18(16(20)13(19)2)14-4-6-15(23-3)7-5-14/h4-8,11,13H,9-10H2,1-3H3. The maximum absolute atomic E-state index is 12.9. The third-order valence-electron chi connectivity index (χ3n) is 4.34. The van der Waals surface area contributed by atoms with Crippen LogP contribution in [0.5, 0.6) is 5.75 Å². The molecule has 2 heterocycles. The van der Waals surface area contributed by atoms with Crippen molar-refractivity contribution < 1.29 is 17.9 Å². The van der Waals surface area contributed by atoms with Gasteiger partial charge in [-0.25, -0.2) is 8.42 Å². The van der Waals surface area contributed by atoms with Gasteiger partial charge in [-0.05, 0) is 55.1 Å². The highest BCUT2D eigenvalue weighted by atomic mass is 32.2. The van der Waals surface area contributed by atoms with Gasteiger partial charge in [-0.2, -0.15) is 4.31 Å². The summed E-state index contributed by atoms with van der Waals surface area (Å²) in [7, 11) is -2.08. The Balaban J connectivity index is 1.85. The SMILES string of the molecule is COc1ccc(N2CCN(S(=O)(=O)c3sccc3C)C(C)C2=O)cc1. The maximum atomic E-state index is 12.9. The average molecular weight is 380 g/mol. The van der Waals surface area contributed by atoms with E-state index < -0.39 is 16.1 Å². The first-order chi connectivity index (χ1) is 11.9. The van der Waals surface area contributed by atoms with Crippen LogP contribution in [0.15, 0.2) is 39.9 Å². The highest BCUT2D eigenvalue weighted by molar-refractivity contribution is 7.91. The van der Waals surface area contributed by atoms with E-state index in [0.717, 1.165) is 5.69 Å². The lowest BCUT2D eigenvalue weighted by Gasteiger charge is -2.38. The number of hydrogen-bond acceptors (Lipinski definition) is 5. The molecule has 1 aliphatic heterocycles. The molecule has 2 aromatic rings. The summed E-state index contributed by atoms with van der Waals surface area (Å²) in [6.45, 7) is 3.99. The second-order valence-corrected chi connectivity index (χ2v) is 8.87. The van der Waals surface area contributed by atoms with Crippen LogP contribution in [0.2, 0.25) is 0 Å². The van der Waals surface area contributed by atoms with Crippen LogP contribution in [0.3, 0.4) is 0 Å². The number of methoxy groups -OCH3 is 1. The molecule has 3 rings (SSSR count). The van der Waals surface area contributed by atoms with Gasteiger partial charge in [0.25, 0.3) is 10.0 Å². The van der Waals surface area contributed by atoms with Gasteiger partial charge < -0.3 is 9.64 Å². The van der Waals surface area contributed by atoms with E-state index in [1.165, 1.54) is 15.6 Å². The Bertz CT molecular complexity index is 874. The smallest absolute Gasteiger partial charge is 0.253 e. The van der Waals surface area contributed by atoms with Gasteiger partial charge >= 0.3 is 0 Å². The van der Waals surface area contributed by atoms with Gasteiger partial charge in [-0.15, -0.1) is 11.3 Å². The number of nitrogens with zero attached hydrogens (tertiary/aromatic N) is 2. The van der Waals surface area contributed by atoms with Crippen molar-refractivity contribution in [3.63, 3.8) is 0 Å².